The van der Waals surface area contributed by atoms with Crippen LogP contribution in [0.2, 0.25) is 0 Å². The van der Waals surface area contributed by atoms with E-state index in [1.165, 1.54) is 4.68 Å². The largest absolute Gasteiger partial charge is 0.355 e. The number of carbonyl (C=O) groups is 1. The van der Waals surface area contributed by atoms with Crippen LogP contribution in [0, 0.1) is 11.8 Å². The molecule has 1 heterocycles. The van der Waals surface area contributed by atoms with Crippen molar-refractivity contribution in [2.75, 3.05) is 6.54 Å². The van der Waals surface area contributed by atoms with E-state index >= 15 is 0 Å². The summed E-state index contributed by atoms with van der Waals surface area (Å²) in [5.74, 6) is 5.54. The molecule has 5 heteroatoms. The van der Waals surface area contributed by atoms with Crippen LogP contribution >= 0.6 is 0 Å². The molecule has 0 spiro atoms. The summed E-state index contributed by atoms with van der Waals surface area (Å²) in [6.45, 7) is 2.28. The van der Waals surface area contributed by atoms with Gasteiger partial charge in [0, 0.05) is 25.4 Å². The first-order valence-corrected chi connectivity index (χ1v) is 6.74. The van der Waals surface area contributed by atoms with E-state index in [2.05, 4.69) is 22.3 Å². The molecule has 0 aliphatic carbocycles. The van der Waals surface area contributed by atoms with Crippen LogP contribution in [0.1, 0.15) is 19.0 Å². The van der Waals surface area contributed by atoms with Crippen molar-refractivity contribution in [3.63, 3.8) is 0 Å². The van der Waals surface area contributed by atoms with Crippen molar-refractivity contribution in [3.8, 4) is 11.8 Å². The van der Waals surface area contributed by atoms with E-state index in [9.17, 15) is 9.59 Å². The molecule has 0 unspecified atom stereocenters. The molecule has 1 aromatic heterocycles. The standard InChI is InChI=1S/C16H17N3O2/c1-3-4-7-10-17-15(20)11-14-12-8-5-6-9-13(12)16(21)19(2)18-14/h5-6,8-9H,7,10-11H2,1-2H3,(H,17,20). The highest BCUT2D eigenvalue weighted by molar-refractivity contribution is 5.88. The van der Waals surface area contributed by atoms with Gasteiger partial charge in [0.1, 0.15) is 0 Å². The summed E-state index contributed by atoms with van der Waals surface area (Å²) in [5, 5.41) is 8.30. The summed E-state index contributed by atoms with van der Waals surface area (Å²) in [4.78, 5) is 23.9. The van der Waals surface area contributed by atoms with E-state index in [-0.39, 0.29) is 17.9 Å². The van der Waals surface area contributed by atoms with Crippen molar-refractivity contribution >= 4 is 16.7 Å². The molecular formula is C16H17N3O2. The Balaban J connectivity index is 2.22. The zero-order valence-electron chi connectivity index (χ0n) is 12.1. The Kier molecular flexibility index (Phi) is 4.72. The molecule has 0 aliphatic heterocycles. The highest BCUT2D eigenvalue weighted by atomic mass is 16.1. The predicted molar refractivity (Wildman–Crippen MR) is 81.8 cm³/mol. The zero-order chi connectivity index (χ0) is 15.2. The monoisotopic (exact) mass is 283 g/mol. The molecule has 5 nitrogen and oxygen atoms in total. The fourth-order valence-electron chi connectivity index (χ4n) is 2.11. The summed E-state index contributed by atoms with van der Waals surface area (Å²) >= 11 is 0. The van der Waals surface area contributed by atoms with Crippen molar-refractivity contribution in [1.82, 2.24) is 15.1 Å². The van der Waals surface area contributed by atoms with Gasteiger partial charge in [-0.2, -0.15) is 5.10 Å². The average molecular weight is 283 g/mol. The van der Waals surface area contributed by atoms with Crippen molar-refractivity contribution in [2.45, 2.75) is 19.8 Å². The summed E-state index contributed by atoms with van der Waals surface area (Å²) in [5.41, 5.74) is 0.444. The van der Waals surface area contributed by atoms with E-state index in [0.717, 1.165) is 5.39 Å². The molecule has 0 fully saturated rings. The van der Waals surface area contributed by atoms with Crippen LogP contribution in [0.3, 0.4) is 0 Å². The van der Waals surface area contributed by atoms with Crippen LogP contribution in [-0.2, 0) is 18.3 Å². The first-order valence-electron chi connectivity index (χ1n) is 6.74. The van der Waals surface area contributed by atoms with Gasteiger partial charge in [-0.15, -0.1) is 11.8 Å². The highest BCUT2D eigenvalue weighted by Gasteiger charge is 2.11. The quantitative estimate of drug-likeness (QED) is 0.672. The number of aryl methyl sites for hydroxylation is 1. The van der Waals surface area contributed by atoms with E-state index in [4.69, 9.17) is 0 Å². The van der Waals surface area contributed by atoms with Gasteiger partial charge in [-0.05, 0) is 13.0 Å². The van der Waals surface area contributed by atoms with E-state index < -0.39 is 0 Å². The number of rotatable bonds is 4. The van der Waals surface area contributed by atoms with Gasteiger partial charge in [-0.25, -0.2) is 4.68 Å². The van der Waals surface area contributed by atoms with Crippen LogP contribution in [0.15, 0.2) is 29.1 Å². The van der Waals surface area contributed by atoms with Gasteiger partial charge >= 0.3 is 0 Å². The Morgan fingerprint density at radius 1 is 1.33 bits per heavy atom. The molecule has 2 rings (SSSR count). The maximum atomic E-state index is 12.0. The number of nitrogens with one attached hydrogen (secondary N) is 1. The number of fused-ring (bicyclic) bond motifs is 1. The Hall–Kier alpha value is -2.61. The Bertz CT molecular complexity index is 781. The first-order chi connectivity index (χ1) is 10.1. The molecule has 1 aromatic carbocycles. The van der Waals surface area contributed by atoms with E-state index in [1.807, 2.05) is 12.1 Å². The van der Waals surface area contributed by atoms with Crippen LogP contribution < -0.4 is 10.9 Å². The number of benzene rings is 1. The van der Waals surface area contributed by atoms with Gasteiger partial charge in [0.25, 0.3) is 5.56 Å². The Morgan fingerprint density at radius 2 is 2.05 bits per heavy atom. The smallest absolute Gasteiger partial charge is 0.274 e. The summed E-state index contributed by atoms with van der Waals surface area (Å²) in [6.07, 6.45) is 0.776. The SMILES string of the molecule is CC#CCCNC(=O)Cc1nn(C)c(=O)c2ccccc12. The van der Waals surface area contributed by atoms with Gasteiger partial charge in [0.2, 0.25) is 5.91 Å². The topological polar surface area (TPSA) is 64.0 Å². The predicted octanol–water partition coefficient (Wildman–Crippen LogP) is 1.01. The number of amides is 1. The second-order valence-electron chi connectivity index (χ2n) is 4.62. The fourth-order valence-corrected chi connectivity index (χ4v) is 2.11. The maximum absolute atomic E-state index is 12.0. The summed E-state index contributed by atoms with van der Waals surface area (Å²) in [7, 11) is 1.59. The number of aromatic nitrogens is 2. The van der Waals surface area contributed by atoms with Crippen molar-refractivity contribution in [2.24, 2.45) is 7.05 Å². The molecule has 21 heavy (non-hydrogen) atoms. The number of carbonyl (C=O) groups excluding carboxylic acids is 1. The molecule has 1 amide bonds. The van der Waals surface area contributed by atoms with Crippen LogP contribution in [0.4, 0.5) is 0 Å². The van der Waals surface area contributed by atoms with Gasteiger partial charge in [0.05, 0.1) is 17.5 Å². The molecule has 0 aliphatic rings. The van der Waals surface area contributed by atoms with Crippen molar-refractivity contribution < 1.29 is 4.79 Å². The fraction of sp³-hybridized carbons (Fsp3) is 0.312. The third kappa shape index (κ3) is 3.48. The molecule has 0 saturated carbocycles. The lowest BCUT2D eigenvalue weighted by atomic mass is 10.1. The summed E-state index contributed by atoms with van der Waals surface area (Å²) < 4.78 is 1.27. The second kappa shape index (κ2) is 6.71. The van der Waals surface area contributed by atoms with Crippen molar-refractivity contribution in [1.29, 1.82) is 0 Å². The third-order valence-electron chi connectivity index (χ3n) is 3.11. The zero-order valence-corrected chi connectivity index (χ0v) is 12.1. The second-order valence-corrected chi connectivity index (χ2v) is 4.62. The molecule has 0 bridgehead atoms. The number of hydrogen-bond acceptors (Lipinski definition) is 3. The number of nitrogens with zero attached hydrogens (tertiary/aromatic N) is 2. The van der Waals surface area contributed by atoms with E-state index in [0.29, 0.717) is 24.0 Å². The third-order valence-corrected chi connectivity index (χ3v) is 3.11. The highest BCUT2D eigenvalue weighted by Crippen LogP contribution is 2.13. The average Bonchev–Trinajstić information content (AvgIpc) is 2.49. The molecule has 2 aromatic rings. The minimum Gasteiger partial charge on any atom is -0.355 e. The first kappa shape index (κ1) is 14.8. The lowest BCUT2D eigenvalue weighted by Crippen LogP contribution is -2.28. The minimum atomic E-state index is -0.159. The van der Waals surface area contributed by atoms with Crippen LogP contribution in [-0.4, -0.2) is 22.2 Å². The van der Waals surface area contributed by atoms with Crippen LogP contribution in [0.25, 0.3) is 10.8 Å². The number of hydrogen-bond donors (Lipinski definition) is 1. The van der Waals surface area contributed by atoms with E-state index in [1.54, 1.807) is 26.1 Å². The molecule has 0 radical (unpaired) electrons. The molecule has 108 valence electrons. The lowest BCUT2D eigenvalue weighted by molar-refractivity contribution is -0.120. The summed E-state index contributed by atoms with van der Waals surface area (Å²) in [6, 6.07) is 7.20. The molecule has 1 N–H and O–H groups in total. The normalized spacial score (nSPS) is 10.0. The van der Waals surface area contributed by atoms with Gasteiger partial charge < -0.3 is 5.32 Å². The minimum absolute atomic E-state index is 0.121. The van der Waals surface area contributed by atoms with Gasteiger partial charge in [-0.1, -0.05) is 18.2 Å². The Morgan fingerprint density at radius 3 is 2.76 bits per heavy atom. The van der Waals surface area contributed by atoms with Gasteiger partial charge in [0.15, 0.2) is 0 Å². The van der Waals surface area contributed by atoms with Crippen molar-refractivity contribution in [3.05, 3.63) is 40.3 Å². The molecule has 0 atom stereocenters. The Labute approximate surface area is 123 Å². The van der Waals surface area contributed by atoms with Gasteiger partial charge in [-0.3, -0.25) is 9.59 Å². The lowest BCUT2D eigenvalue weighted by Gasteiger charge is -2.08. The molecular weight excluding hydrogens is 266 g/mol. The van der Waals surface area contributed by atoms with Crippen LogP contribution in [0.5, 0.6) is 0 Å². The maximum Gasteiger partial charge on any atom is 0.274 e. The molecule has 0 saturated heterocycles.